The number of para-hydroxylation sites is 1. The Kier molecular flexibility index (Phi) is 6.46. The van der Waals surface area contributed by atoms with Crippen LogP contribution in [0.3, 0.4) is 0 Å². The van der Waals surface area contributed by atoms with Crippen LogP contribution in [-0.2, 0) is 15.1 Å². The molecule has 1 N–H and O–H groups in total. The number of aliphatic carboxylic acids is 1. The first-order chi connectivity index (χ1) is 11.1. The van der Waals surface area contributed by atoms with E-state index in [1.54, 1.807) is 0 Å². The number of carboxylic acid groups (broad SMARTS) is 1. The summed E-state index contributed by atoms with van der Waals surface area (Å²) in [6.45, 7) is 5.43. The quantitative estimate of drug-likeness (QED) is 0.723. The SMILES string of the molecule is CCCCOC1(c2ccccc2OCC)CCC(C(=O)O)CC1. The predicted octanol–water partition coefficient (Wildman–Crippen LogP) is 4.37. The van der Waals surface area contributed by atoms with Crippen molar-refractivity contribution >= 4 is 5.97 Å². The molecule has 0 amide bonds. The molecular weight excluding hydrogens is 292 g/mol. The average Bonchev–Trinajstić information content (AvgIpc) is 2.56. The van der Waals surface area contributed by atoms with Gasteiger partial charge < -0.3 is 14.6 Å². The smallest absolute Gasteiger partial charge is 0.306 e. The highest BCUT2D eigenvalue weighted by Crippen LogP contribution is 2.46. The highest BCUT2D eigenvalue weighted by Gasteiger charge is 2.41. The lowest BCUT2D eigenvalue weighted by molar-refractivity contribution is -0.147. The van der Waals surface area contributed by atoms with E-state index in [4.69, 9.17) is 9.47 Å². The number of hydrogen-bond acceptors (Lipinski definition) is 3. The van der Waals surface area contributed by atoms with E-state index in [1.165, 1.54) is 0 Å². The molecule has 0 aliphatic heterocycles. The highest BCUT2D eigenvalue weighted by atomic mass is 16.5. The number of ether oxygens (including phenoxy) is 2. The Bertz CT molecular complexity index is 504. The van der Waals surface area contributed by atoms with Crippen LogP contribution >= 0.6 is 0 Å². The molecule has 0 spiro atoms. The molecule has 1 aliphatic rings. The molecule has 1 aromatic rings. The molecule has 1 aromatic carbocycles. The van der Waals surface area contributed by atoms with Gasteiger partial charge in [-0.15, -0.1) is 0 Å². The van der Waals surface area contributed by atoms with Gasteiger partial charge in [-0.3, -0.25) is 4.79 Å². The Hall–Kier alpha value is -1.55. The van der Waals surface area contributed by atoms with Gasteiger partial charge in [0.05, 0.1) is 18.1 Å². The van der Waals surface area contributed by atoms with E-state index in [-0.39, 0.29) is 5.92 Å². The molecule has 0 radical (unpaired) electrons. The van der Waals surface area contributed by atoms with Crippen molar-refractivity contribution in [2.75, 3.05) is 13.2 Å². The van der Waals surface area contributed by atoms with E-state index in [0.29, 0.717) is 26.1 Å². The van der Waals surface area contributed by atoms with E-state index in [2.05, 4.69) is 13.0 Å². The molecule has 4 heteroatoms. The molecule has 23 heavy (non-hydrogen) atoms. The summed E-state index contributed by atoms with van der Waals surface area (Å²) in [6.07, 6.45) is 4.88. The molecule has 0 heterocycles. The van der Waals surface area contributed by atoms with Crippen molar-refractivity contribution in [3.63, 3.8) is 0 Å². The summed E-state index contributed by atoms with van der Waals surface area (Å²) in [7, 11) is 0. The third-order valence-electron chi connectivity index (χ3n) is 4.70. The Morgan fingerprint density at radius 2 is 1.96 bits per heavy atom. The second kappa shape index (κ2) is 8.34. The van der Waals surface area contributed by atoms with E-state index in [0.717, 1.165) is 37.0 Å². The molecule has 0 unspecified atom stereocenters. The van der Waals surface area contributed by atoms with Crippen LogP contribution in [0.4, 0.5) is 0 Å². The third kappa shape index (κ3) is 4.25. The van der Waals surface area contributed by atoms with Gasteiger partial charge in [0.2, 0.25) is 0 Å². The van der Waals surface area contributed by atoms with Crippen LogP contribution in [0, 0.1) is 5.92 Å². The summed E-state index contributed by atoms with van der Waals surface area (Å²) >= 11 is 0. The fourth-order valence-corrected chi connectivity index (χ4v) is 3.36. The molecule has 0 atom stereocenters. The summed E-state index contributed by atoms with van der Waals surface area (Å²) in [4.78, 5) is 11.3. The maximum atomic E-state index is 11.3. The Morgan fingerprint density at radius 3 is 2.57 bits per heavy atom. The topological polar surface area (TPSA) is 55.8 Å². The standard InChI is InChI=1S/C19H28O4/c1-3-5-14-23-19(12-10-15(11-13-19)18(20)21)16-8-6-7-9-17(16)22-4-2/h6-9,15H,3-5,10-14H2,1-2H3,(H,20,21). The van der Waals surface area contributed by atoms with Crippen molar-refractivity contribution < 1.29 is 19.4 Å². The van der Waals surface area contributed by atoms with Gasteiger partial charge >= 0.3 is 5.97 Å². The maximum Gasteiger partial charge on any atom is 0.306 e. The summed E-state index contributed by atoms with van der Waals surface area (Å²) in [5.74, 6) is -0.0809. The fourth-order valence-electron chi connectivity index (χ4n) is 3.36. The largest absolute Gasteiger partial charge is 0.493 e. The second-order valence-corrected chi connectivity index (χ2v) is 6.24. The molecular formula is C19H28O4. The monoisotopic (exact) mass is 320 g/mol. The van der Waals surface area contributed by atoms with Crippen molar-refractivity contribution in [2.24, 2.45) is 5.92 Å². The van der Waals surface area contributed by atoms with Crippen LogP contribution in [0.5, 0.6) is 5.75 Å². The van der Waals surface area contributed by atoms with E-state index >= 15 is 0 Å². The first-order valence-electron chi connectivity index (χ1n) is 8.72. The van der Waals surface area contributed by atoms with Crippen molar-refractivity contribution in [1.29, 1.82) is 0 Å². The molecule has 0 aromatic heterocycles. The Labute approximate surface area is 138 Å². The van der Waals surface area contributed by atoms with Gasteiger partial charge in [-0.2, -0.15) is 0 Å². The minimum Gasteiger partial charge on any atom is -0.493 e. The van der Waals surface area contributed by atoms with Crippen molar-refractivity contribution in [3.8, 4) is 5.75 Å². The van der Waals surface area contributed by atoms with Crippen LogP contribution in [0.2, 0.25) is 0 Å². The van der Waals surface area contributed by atoms with Crippen molar-refractivity contribution in [2.45, 2.75) is 58.0 Å². The lowest BCUT2D eigenvalue weighted by Crippen LogP contribution is -2.37. The third-order valence-corrected chi connectivity index (χ3v) is 4.70. The first-order valence-corrected chi connectivity index (χ1v) is 8.72. The molecule has 2 rings (SSSR count). The maximum absolute atomic E-state index is 11.3. The van der Waals surface area contributed by atoms with Crippen LogP contribution in [0.1, 0.15) is 57.9 Å². The van der Waals surface area contributed by atoms with Crippen molar-refractivity contribution in [3.05, 3.63) is 29.8 Å². The first kappa shape index (κ1) is 17.8. The Morgan fingerprint density at radius 1 is 1.26 bits per heavy atom. The predicted molar refractivity (Wildman–Crippen MR) is 89.7 cm³/mol. The molecule has 1 fully saturated rings. The van der Waals surface area contributed by atoms with Gasteiger partial charge in [0.15, 0.2) is 0 Å². The molecule has 1 aliphatic carbocycles. The summed E-state index contributed by atoms with van der Waals surface area (Å²) in [5.41, 5.74) is 0.661. The summed E-state index contributed by atoms with van der Waals surface area (Å²) < 4.78 is 12.1. The molecule has 4 nitrogen and oxygen atoms in total. The number of benzene rings is 1. The van der Waals surface area contributed by atoms with Gasteiger partial charge in [-0.25, -0.2) is 0 Å². The van der Waals surface area contributed by atoms with E-state index in [9.17, 15) is 9.90 Å². The molecule has 0 bridgehead atoms. The summed E-state index contributed by atoms with van der Waals surface area (Å²) in [6, 6.07) is 8.02. The van der Waals surface area contributed by atoms with E-state index in [1.807, 2.05) is 25.1 Å². The number of rotatable bonds is 8. The number of unbranched alkanes of at least 4 members (excludes halogenated alkanes) is 1. The average molecular weight is 320 g/mol. The summed E-state index contributed by atoms with van der Waals surface area (Å²) in [5, 5.41) is 9.27. The number of carboxylic acids is 1. The molecule has 0 saturated heterocycles. The van der Waals surface area contributed by atoms with Crippen LogP contribution in [-0.4, -0.2) is 24.3 Å². The van der Waals surface area contributed by atoms with Gasteiger partial charge in [-0.1, -0.05) is 31.5 Å². The Balaban J connectivity index is 2.26. The van der Waals surface area contributed by atoms with Crippen LogP contribution in [0.25, 0.3) is 0 Å². The zero-order valence-corrected chi connectivity index (χ0v) is 14.2. The minimum atomic E-state index is -0.690. The van der Waals surface area contributed by atoms with Gasteiger partial charge in [0.1, 0.15) is 5.75 Å². The number of hydrogen-bond donors (Lipinski definition) is 1. The normalized spacial score (nSPS) is 24.3. The second-order valence-electron chi connectivity index (χ2n) is 6.24. The molecule has 128 valence electrons. The number of carbonyl (C=O) groups is 1. The molecule has 1 saturated carbocycles. The zero-order chi connectivity index (χ0) is 16.7. The van der Waals surface area contributed by atoms with Gasteiger partial charge in [0, 0.05) is 12.2 Å². The lowest BCUT2D eigenvalue weighted by atomic mass is 9.74. The minimum absolute atomic E-state index is 0.253. The highest BCUT2D eigenvalue weighted by molar-refractivity contribution is 5.70. The van der Waals surface area contributed by atoms with Crippen LogP contribution < -0.4 is 4.74 Å². The van der Waals surface area contributed by atoms with Gasteiger partial charge in [-0.05, 0) is 45.1 Å². The van der Waals surface area contributed by atoms with Gasteiger partial charge in [0.25, 0.3) is 0 Å². The fraction of sp³-hybridized carbons (Fsp3) is 0.632. The zero-order valence-electron chi connectivity index (χ0n) is 14.2. The van der Waals surface area contributed by atoms with E-state index < -0.39 is 11.6 Å². The van der Waals surface area contributed by atoms with Crippen molar-refractivity contribution in [1.82, 2.24) is 0 Å². The lowest BCUT2D eigenvalue weighted by Gasteiger charge is -2.40. The van der Waals surface area contributed by atoms with Crippen LogP contribution in [0.15, 0.2) is 24.3 Å².